The molecule has 96 valence electrons. The van der Waals surface area contributed by atoms with Crippen LogP contribution in [-0.4, -0.2) is 15.0 Å². The van der Waals surface area contributed by atoms with Gasteiger partial charge in [-0.1, -0.05) is 12.1 Å². The van der Waals surface area contributed by atoms with Gasteiger partial charge in [0.05, 0.1) is 5.52 Å². The Bertz CT molecular complexity index is 750. The van der Waals surface area contributed by atoms with Crippen LogP contribution in [-0.2, 0) is 6.42 Å². The highest BCUT2D eigenvalue weighted by atomic mass is 19.2. The van der Waals surface area contributed by atoms with E-state index < -0.39 is 11.6 Å². The maximum absolute atomic E-state index is 13.6. The predicted molar refractivity (Wildman–Crippen MR) is 67.8 cm³/mol. The summed E-state index contributed by atoms with van der Waals surface area (Å²) >= 11 is 0. The summed E-state index contributed by atoms with van der Waals surface area (Å²) in [5.74, 6) is -1.10. The van der Waals surface area contributed by atoms with Gasteiger partial charge in [-0.3, -0.25) is 0 Å². The van der Waals surface area contributed by atoms with E-state index in [1.807, 2.05) is 13.0 Å². The topological polar surface area (TPSA) is 41.6 Å². The van der Waals surface area contributed by atoms with Gasteiger partial charge in [0.1, 0.15) is 5.82 Å². The highest BCUT2D eigenvalue weighted by molar-refractivity contribution is 5.71. The van der Waals surface area contributed by atoms with Gasteiger partial charge in [-0.2, -0.15) is 0 Å². The number of aromatic nitrogens is 3. The van der Waals surface area contributed by atoms with Crippen LogP contribution in [0.3, 0.4) is 0 Å². The number of aromatic amines is 1. The van der Waals surface area contributed by atoms with Gasteiger partial charge < -0.3 is 4.98 Å². The maximum Gasteiger partial charge on any atom is 0.177 e. The van der Waals surface area contributed by atoms with Crippen LogP contribution in [0.5, 0.6) is 0 Å². The number of hydrogen-bond donors (Lipinski definition) is 1. The Morgan fingerprint density at radius 1 is 1.26 bits per heavy atom. The van der Waals surface area contributed by atoms with Gasteiger partial charge in [0.25, 0.3) is 0 Å². The molecule has 5 heteroatoms. The SMILES string of the molecule is Cc1cnc2nc(Cc3cccc(F)c3F)[nH]c2c1. The monoisotopic (exact) mass is 259 g/mol. The number of nitrogens with zero attached hydrogens (tertiary/aromatic N) is 2. The fourth-order valence-electron chi connectivity index (χ4n) is 2.00. The molecule has 3 rings (SSSR count). The first-order chi connectivity index (χ1) is 9.13. The summed E-state index contributed by atoms with van der Waals surface area (Å²) in [6, 6.07) is 6.05. The van der Waals surface area contributed by atoms with Gasteiger partial charge in [-0.05, 0) is 30.2 Å². The van der Waals surface area contributed by atoms with Gasteiger partial charge in [0.15, 0.2) is 17.3 Å². The van der Waals surface area contributed by atoms with E-state index in [0.29, 0.717) is 11.5 Å². The quantitative estimate of drug-likeness (QED) is 0.768. The molecular weight excluding hydrogens is 248 g/mol. The van der Waals surface area contributed by atoms with Crippen molar-refractivity contribution in [3.05, 3.63) is 59.0 Å². The lowest BCUT2D eigenvalue weighted by atomic mass is 10.1. The average Bonchev–Trinajstić information content (AvgIpc) is 2.76. The van der Waals surface area contributed by atoms with Crippen LogP contribution in [0.25, 0.3) is 11.2 Å². The van der Waals surface area contributed by atoms with Crippen molar-refractivity contribution in [2.45, 2.75) is 13.3 Å². The number of pyridine rings is 1. The number of halogens is 2. The molecule has 0 aliphatic carbocycles. The van der Waals surface area contributed by atoms with Crippen LogP contribution < -0.4 is 0 Å². The third kappa shape index (κ3) is 2.19. The molecule has 0 saturated carbocycles. The third-order valence-corrected chi connectivity index (χ3v) is 2.91. The predicted octanol–water partition coefficient (Wildman–Crippen LogP) is 3.14. The van der Waals surface area contributed by atoms with Crippen LogP contribution in [0, 0.1) is 18.6 Å². The molecule has 0 saturated heterocycles. The molecule has 0 radical (unpaired) electrons. The van der Waals surface area contributed by atoms with Crippen LogP contribution >= 0.6 is 0 Å². The molecule has 0 amide bonds. The van der Waals surface area contributed by atoms with E-state index >= 15 is 0 Å². The van der Waals surface area contributed by atoms with E-state index in [-0.39, 0.29) is 12.0 Å². The second-order valence-electron chi connectivity index (χ2n) is 4.46. The second-order valence-corrected chi connectivity index (χ2v) is 4.46. The third-order valence-electron chi connectivity index (χ3n) is 2.91. The van der Waals surface area contributed by atoms with E-state index in [1.165, 1.54) is 6.07 Å². The minimum absolute atomic E-state index is 0.207. The largest absolute Gasteiger partial charge is 0.340 e. The zero-order chi connectivity index (χ0) is 13.4. The van der Waals surface area contributed by atoms with Crippen molar-refractivity contribution in [2.24, 2.45) is 0 Å². The summed E-state index contributed by atoms with van der Waals surface area (Å²) in [4.78, 5) is 11.5. The average molecular weight is 259 g/mol. The van der Waals surface area contributed by atoms with Crippen molar-refractivity contribution in [2.75, 3.05) is 0 Å². The minimum atomic E-state index is -0.845. The molecule has 0 atom stereocenters. The Morgan fingerprint density at radius 3 is 2.95 bits per heavy atom. The number of imidazole rings is 1. The second kappa shape index (κ2) is 4.42. The highest BCUT2D eigenvalue weighted by Gasteiger charge is 2.11. The molecule has 19 heavy (non-hydrogen) atoms. The summed E-state index contributed by atoms with van der Waals surface area (Å²) in [6.07, 6.45) is 1.93. The summed E-state index contributed by atoms with van der Waals surface area (Å²) in [5.41, 5.74) is 2.67. The number of fused-ring (bicyclic) bond motifs is 1. The van der Waals surface area contributed by atoms with E-state index in [9.17, 15) is 8.78 Å². The molecule has 1 N–H and O–H groups in total. The summed E-state index contributed by atoms with van der Waals surface area (Å²) < 4.78 is 26.7. The molecule has 1 aromatic carbocycles. The van der Waals surface area contributed by atoms with Crippen LogP contribution in [0.4, 0.5) is 8.78 Å². The summed E-state index contributed by atoms with van der Waals surface area (Å²) in [5, 5.41) is 0. The number of hydrogen-bond acceptors (Lipinski definition) is 2. The van der Waals surface area contributed by atoms with Gasteiger partial charge >= 0.3 is 0 Å². The lowest BCUT2D eigenvalue weighted by Crippen LogP contribution is -1.97. The Hall–Kier alpha value is -2.30. The smallest absolute Gasteiger partial charge is 0.177 e. The molecule has 0 aliphatic heterocycles. The van der Waals surface area contributed by atoms with Gasteiger partial charge in [-0.25, -0.2) is 18.7 Å². The standard InChI is InChI=1S/C14H11F2N3/c1-8-5-11-14(17-7-8)19-12(18-11)6-9-3-2-4-10(15)13(9)16/h2-5,7H,6H2,1H3,(H,17,18,19). The van der Waals surface area contributed by atoms with E-state index in [2.05, 4.69) is 15.0 Å². The minimum Gasteiger partial charge on any atom is -0.340 e. The van der Waals surface area contributed by atoms with Crippen molar-refractivity contribution < 1.29 is 8.78 Å². The Labute approximate surface area is 108 Å². The number of H-pyrrole nitrogens is 1. The summed E-state index contributed by atoms with van der Waals surface area (Å²) in [7, 11) is 0. The number of nitrogens with one attached hydrogen (secondary N) is 1. The van der Waals surface area contributed by atoms with Crippen LogP contribution in [0.15, 0.2) is 30.5 Å². The molecular formula is C14H11F2N3. The fourth-order valence-corrected chi connectivity index (χ4v) is 2.00. The zero-order valence-corrected chi connectivity index (χ0v) is 10.2. The lowest BCUT2D eigenvalue weighted by molar-refractivity contribution is 0.500. The van der Waals surface area contributed by atoms with E-state index in [1.54, 1.807) is 12.3 Å². The first-order valence-electron chi connectivity index (χ1n) is 5.87. The number of aryl methyl sites for hydroxylation is 1. The molecule has 0 fully saturated rings. The molecule has 0 bridgehead atoms. The Kier molecular flexibility index (Phi) is 2.74. The lowest BCUT2D eigenvalue weighted by Gasteiger charge is -2.00. The van der Waals surface area contributed by atoms with Crippen molar-refractivity contribution in [3.8, 4) is 0 Å². The first-order valence-corrected chi connectivity index (χ1v) is 5.87. The Morgan fingerprint density at radius 2 is 2.11 bits per heavy atom. The van der Waals surface area contributed by atoms with E-state index in [0.717, 1.165) is 17.1 Å². The molecule has 3 aromatic rings. The van der Waals surface area contributed by atoms with Crippen LogP contribution in [0.1, 0.15) is 17.0 Å². The van der Waals surface area contributed by atoms with Gasteiger partial charge in [-0.15, -0.1) is 0 Å². The van der Waals surface area contributed by atoms with Crippen LogP contribution in [0.2, 0.25) is 0 Å². The number of benzene rings is 1. The first kappa shape index (κ1) is 11.8. The van der Waals surface area contributed by atoms with Gasteiger partial charge in [0, 0.05) is 12.6 Å². The molecule has 2 heterocycles. The molecule has 0 aliphatic rings. The van der Waals surface area contributed by atoms with Crippen molar-refractivity contribution >= 4 is 11.2 Å². The van der Waals surface area contributed by atoms with Gasteiger partial charge in [0.2, 0.25) is 0 Å². The molecule has 0 spiro atoms. The maximum atomic E-state index is 13.6. The van der Waals surface area contributed by atoms with Crippen molar-refractivity contribution in [3.63, 3.8) is 0 Å². The van der Waals surface area contributed by atoms with E-state index in [4.69, 9.17) is 0 Å². The molecule has 0 unspecified atom stereocenters. The zero-order valence-electron chi connectivity index (χ0n) is 10.2. The highest BCUT2D eigenvalue weighted by Crippen LogP contribution is 2.17. The van der Waals surface area contributed by atoms with Crippen molar-refractivity contribution in [1.29, 1.82) is 0 Å². The normalized spacial score (nSPS) is 11.1. The number of rotatable bonds is 2. The Balaban J connectivity index is 1.99. The summed E-state index contributed by atoms with van der Waals surface area (Å²) in [6.45, 7) is 1.93. The molecule has 3 nitrogen and oxygen atoms in total. The molecule has 2 aromatic heterocycles. The van der Waals surface area contributed by atoms with Crippen molar-refractivity contribution in [1.82, 2.24) is 15.0 Å². The fraction of sp³-hybridized carbons (Fsp3) is 0.143.